The first-order valence-electron chi connectivity index (χ1n) is 9.04. The van der Waals surface area contributed by atoms with E-state index in [4.69, 9.17) is 9.47 Å². The highest BCUT2D eigenvalue weighted by Gasteiger charge is 2.27. The third-order valence-electron chi connectivity index (χ3n) is 4.77. The summed E-state index contributed by atoms with van der Waals surface area (Å²) in [5.41, 5.74) is 2.04. The number of nitrogens with one attached hydrogen (secondary N) is 2. The van der Waals surface area contributed by atoms with Crippen LogP contribution >= 0.6 is 15.9 Å². The summed E-state index contributed by atoms with van der Waals surface area (Å²) in [6, 6.07) is 15.0. The van der Waals surface area contributed by atoms with Gasteiger partial charge in [0.25, 0.3) is 5.91 Å². The van der Waals surface area contributed by atoms with E-state index in [2.05, 4.69) is 26.2 Å². The van der Waals surface area contributed by atoms with Crippen LogP contribution in [0.4, 0.5) is 0 Å². The number of esters is 1. The average molecular weight is 443 g/mol. The lowest BCUT2D eigenvalue weighted by molar-refractivity contribution is -0.130. The van der Waals surface area contributed by atoms with Gasteiger partial charge in [0.1, 0.15) is 11.4 Å². The van der Waals surface area contributed by atoms with Crippen LogP contribution in [0.1, 0.15) is 35.4 Å². The molecule has 0 saturated heterocycles. The Labute approximate surface area is 170 Å². The number of carbonyl (C=O) groups is 2. The molecule has 0 saturated carbocycles. The Morgan fingerprint density at radius 3 is 2.79 bits per heavy atom. The highest BCUT2D eigenvalue weighted by atomic mass is 79.9. The Kier molecular flexibility index (Phi) is 5.09. The summed E-state index contributed by atoms with van der Waals surface area (Å²) in [6.07, 6.45) is -0.266. The van der Waals surface area contributed by atoms with Crippen molar-refractivity contribution in [2.75, 3.05) is 6.61 Å². The predicted octanol–water partition coefficient (Wildman–Crippen LogP) is 4.12. The largest absolute Gasteiger partial charge is 0.493 e. The van der Waals surface area contributed by atoms with E-state index < -0.39 is 12.1 Å². The number of aromatic nitrogens is 1. The number of para-hydroxylation sites is 2. The highest BCUT2D eigenvalue weighted by molar-refractivity contribution is 9.10. The number of rotatable bonds is 4. The molecular weight excluding hydrogens is 424 g/mol. The monoisotopic (exact) mass is 442 g/mol. The molecule has 2 heterocycles. The van der Waals surface area contributed by atoms with Gasteiger partial charge < -0.3 is 19.8 Å². The Balaban J connectivity index is 1.45. The van der Waals surface area contributed by atoms with Gasteiger partial charge in [0.05, 0.1) is 17.1 Å². The number of benzene rings is 2. The Morgan fingerprint density at radius 1 is 1.21 bits per heavy atom. The molecule has 6 nitrogen and oxygen atoms in total. The van der Waals surface area contributed by atoms with Crippen LogP contribution in [0.15, 0.2) is 53.0 Å². The summed E-state index contributed by atoms with van der Waals surface area (Å²) in [5, 5.41) is 3.83. The molecule has 3 aromatic rings. The minimum absolute atomic E-state index is 0.168. The second-order valence-electron chi connectivity index (χ2n) is 6.64. The maximum Gasteiger partial charge on any atom is 0.356 e. The van der Waals surface area contributed by atoms with Crippen molar-refractivity contribution >= 4 is 38.7 Å². The van der Waals surface area contributed by atoms with E-state index in [9.17, 15) is 9.59 Å². The van der Waals surface area contributed by atoms with Gasteiger partial charge in [0.2, 0.25) is 0 Å². The van der Waals surface area contributed by atoms with Gasteiger partial charge in [0, 0.05) is 22.9 Å². The number of ether oxygens (including phenoxy) is 2. The Morgan fingerprint density at radius 2 is 1.96 bits per heavy atom. The fourth-order valence-corrected chi connectivity index (χ4v) is 3.91. The molecule has 4 rings (SSSR count). The quantitative estimate of drug-likeness (QED) is 0.595. The number of amides is 1. The number of halogens is 1. The number of hydrogen-bond acceptors (Lipinski definition) is 4. The second kappa shape index (κ2) is 7.67. The van der Waals surface area contributed by atoms with Gasteiger partial charge in [-0.05, 0) is 35.0 Å². The van der Waals surface area contributed by atoms with Gasteiger partial charge in [-0.3, -0.25) is 4.79 Å². The molecule has 0 aliphatic carbocycles. The van der Waals surface area contributed by atoms with Crippen LogP contribution in [-0.2, 0) is 9.53 Å². The lowest BCUT2D eigenvalue weighted by Crippen LogP contribution is -2.39. The van der Waals surface area contributed by atoms with Crippen LogP contribution in [0.3, 0.4) is 0 Å². The normalized spacial score (nSPS) is 16.7. The highest BCUT2D eigenvalue weighted by Crippen LogP contribution is 2.32. The maximum absolute atomic E-state index is 12.6. The minimum Gasteiger partial charge on any atom is -0.493 e. The third kappa shape index (κ3) is 3.49. The van der Waals surface area contributed by atoms with Gasteiger partial charge in [-0.15, -0.1) is 0 Å². The summed E-state index contributed by atoms with van der Waals surface area (Å²) in [5.74, 6) is -0.161. The van der Waals surface area contributed by atoms with Crippen molar-refractivity contribution < 1.29 is 19.1 Å². The first kappa shape index (κ1) is 18.6. The van der Waals surface area contributed by atoms with Gasteiger partial charge in [-0.25, -0.2) is 4.79 Å². The molecule has 2 atom stereocenters. The Bertz CT molecular complexity index is 1050. The summed E-state index contributed by atoms with van der Waals surface area (Å²) in [4.78, 5) is 28.2. The molecule has 144 valence electrons. The van der Waals surface area contributed by atoms with Gasteiger partial charge >= 0.3 is 5.97 Å². The average Bonchev–Trinajstić information content (AvgIpc) is 3.05. The molecule has 1 amide bonds. The first-order chi connectivity index (χ1) is 13.5. The van der Waals surface area contributed by atoms with E-state index in [-0.39, 0.29) is 17.6 Å². The number of fused-ring (bicyclic) bond motifs is 2. The molecule has 0 unspecified atom stereocenters. The molecule has 0 radical (unpaired) electrons. The zero-order valence-electron chi connectivity index (χ0n) is 15.2. The molecule has 1 aromatic heterocycles. The summed E-state index contributed by atoms with van der Waals surface area (Å²) in [6.45, 7) is 2.09. The Hall–Kier alpha value is -2.80. The molecule has 7 heteroatoms. The molecule has 2 aromatic carbocycles. The number of H-pyrrole nitrogens is 1. The summed E-state index contributed by atoms with van der Waals surface area (Å²) < 4.78 is 11.6. The maximum atomic E-state index is 12.6. The standard InChI is InChI=1S/C21H19BrN2O4/c1-12(20(25)24-16-10-11-27-17-9-5-3-6-13(16)17)28-21(26)19-18(22)14-7-2-4-8-15(14)23-19/h2-9,12,16,23H,10-11H2,1H3,(H,24,25)/t12-,16-/m0/s1. The number of hydrogen-bond donors (Lipinski definition) is 2. The molecule has 0 fully saturated rings. The van der Waals surface area contributed by atoms with Crippen molar-refractivity contribution in [3.05, 3.63) is 64.3 Å². The first-order valence-corrected chi connectivity index (χ1v) is 9.83. The van der Waals surface area contributed by atoms with E-state index in [1.807, 2.05) is 48.5 Å². The molecule has 2 N–H and O–H groups in total. The van der Waals surface area contributed by atoms with E-state index in [0.717, 1.165) is 22.2 Å². The summed E-state index contributed by atoms with van der Waals surface area (Å²) >= 11 is 3.43. The third-order valence-corrected chi connectivity index (χ3v) is 5.60. The fourth-order valence-electron chi connectivity index (χ4n) is 3.30. The lowest BCUT2D eigenvalue weighted by Gasteiger charge is -2.27. The lowest BCUT2D eigenvalue weighted by atomic mass is 10.0. The van der Waals surface area contributed by atoms with Crippen LogP contribution in [0.5, 0.6) is 5.75 Å². The van der Waals surface area contributed by atoms with E-state index in [0.29, 0.717) is 17.5 Å². The molecule has 28 heavy (non-hydrogen) atoms. The van der Waals surface area contributed by atoms with Crippen molar-refractivity contribution in [2.45, 2.75) is 25.5 Å². The van der Waals surface area contributed by atoms with Crippen molar-refractivity contribution in [2.24, 2.45) is 0 Å². The van der Waals surface area contributed by atoms with Crippen molar-refractivity contribution in [3.8, 4) is 5.75 Å². The number of carbonyl (C=O) groups excluding carboxylic acids is 2. The van der Waals surface area contributed by atoms with Crippen molar-refractivity contribution in [3.63, 3.8) is 0 Å². The molecule has 0 bridgehead atoms. The van der Waals surface area contributed by atoms with Crippen molar-refractivity contribution in [1.82, 2.24) is 10.3 Å². The molecular formula is C21H19BrN2O4. The summed E-state index contributed by atoms with van der Waals surface area (Å²) in [7, 11) is 0. The van der Waals surface area contributed by atoms with Crippen LogP contribution in [0.2, 0.25) is 0 Å². The fraction of sp³-hybridized carbons (Fsp3) is 0.238. The van der Waals surface area contributed by atoms with Gasteiger partial charge in [-0.1, -0.05) is 36.4 Å². The molecule has 0 spiro atoms. The topological polar surface area (TPSA) is 80.4 Å². The van der Waals surface area contributed by atoms with Crippen LogP contribution in [-0.4, -0.2) is 29.6 Å². The van der Waals surface area contributed by atoms with Crippen LogP contribution in [0, 0.1) is 0 Å². The SMILES string of the molecule is C[C@H](OC(=O)c1[nH]c2ccccc2c1Br)C(=O)N[C@H]1CCOc2ccccc21. The minimum atomic E-state index is -0.930. The predicted molar refractivity (Wildman–Crippen MR) is 108 cm³/mol. The zero-order valence-corrected chi connectivity index (χ0v) is 16.8. The van der Waals surface area contributed by atoms with Crippen LogP contribution < -0.4 is 10.1 Å². The van der Waals surface area contributed by atoms with E-state index in [1.54, 1.807) is 6.92 Å². The van der Waals surface area contributed by atoms with Crippen LogP contribution in [0.25, 0.3) is 10.9 Å². The van der Waals surface area contributed by atoms with Crippen molar-refractivity contribution in [1.29, 1.82) is 0 Å². The second-order valence-corrected chi connectivity index (χ2v) is 7.44. The zero-order chi connectivity index (χ0) is 19.7. The van der Waals surface area contributed by atoms with E-state index >= 15 is 0 Å². The smallest absolute Gasteiger partial charge is 0.356 e. The molecule has 1 aliphatic rings. The van der Waals surface area contributed by atoms with Gasteiger partial charge in [0.15, 0.2) is 6.10 Å². The van der Waals surface area contributed by atoms with E-state index in [1.165, 1.54) is 0 Å². The number of aromatic amines is 1. The van der Waals surface area contributed by atoms with Gasteiger partial charge in [-0.2, -0.15) is 0 Å². The molecule has 1 aliphatic heterocycles.